The lowest BCUT2D eigenvalue weighted by molar-refractivity contribution is -0.122. The molecule has 8 heteroatoms. The summed E-state index contributed by atoms with van der Waals surface area (Å²) in [7, 11) is 0. The lowest BCUT2D eigenvalue weighted by atomic mass is 10.3. The van der Waals surface area contributed by atoms with Gasteiger partial charge in [0.15, 0.2) is 0 Å². The number of anilines is 1. The molecular weight excluding hydrogens is 341 g/mol. The number of hydrogen-bond donors (Lipinski definition) is 2. The standard InChI is InChI=1S/C16H13F3N2O2S/c17-10-1-4-12(5-2-10)21-15(22)8-20-16(23)9-24-14-6-3-11(18)7-13(14)19/h1-7H,8-9H2,(H,20,23)(H,21,22). The van der Waals surface area contributed by atoms with Crippen LogP contribution in [0.15, 0.2) is 47.4 Å². The summed E-state index contributed by atoms with van der Waals surface area (Å²) in [5.41, 5.74) is 0.401. The zero-order valence-electron chi connectivity index (χ0n) is 12.3. The number of hydrogen-bond acceptors (Lipinski definition) is 3. The molecule has 2 aromatic rings. The second-order valence-corrected chi connectivity index (χ2v) is 5.71. The molecule has 0 radical (unpaired) electrons. The van der Waals surface area contributed by atoms with Gasteiger partial charge in [0.25, 0.3) is 0 Å². The number of benzene rings is 2. The van der Waals surface area contributed by atoms with E-state index in [1.165, 1.54) is 30.3 Å². The van der Waals surface area contributed by atoms with E-state index in [-0.39, 0.29) is 17.2 Å². The Balaban J connectivity index is 1.74. The van der Waals surface area contributed by atoms with Gasteiger partial charge in [0, 0.05) is 16.6 Å². The minimum absolute atomic E-state index is 0.119. The summed E-state index contributed by atoms with van der Waals surface area (Å²) in [6.07, 6.45) is 0. The van der Waals surface area contributed by atoms with Crippen molar-refractivity contribution in [1.82, 2.24) is 5.32 Å². The Morgan fingerprint density at radius 2 is 1.58 bits per heavy atom. The van der Waals surface area contributed by atoms with E-state index in [2.05, 4.69) is 10.6 Å². The zero-order chi connectivity index (χ0) is 17.5. The largest absolute Gasteiger partial charge is 0.346 e. The van der Waals surface area contributed by atoms with Crippen molar-refractivity contribution in [2.24, 2.45) is 0 Å². The minimum atomic E-state index is -0.748. The molecule has 2 amide bonds. The first kappa shape index (κ1) is 17.9. The number of amides is 2. The van der Waals surface area contributed by atoms with E-state index in [1.54, 1.807) is 0 Å². The summed E-state index contributed by atoms with van der Waals surface area (Å²) < 4.78 is 38.9. The van der Waals surface area contributed by atoms with Gasteiger partial charge in [-0.3, -0.25) is 9.59 Å². The highest BCUT2D eigenvalue weighted by Crippen LogP contribution is 2.21. The molecule has 0 aliphatic rings. The predicted octanol–water partition coefficient (Wildman–Crippen LogP) is 2.95. The van der Waals surface area contributed by atoms with Gasteiger partial charge in [0.05, 0.1) is 12.3 Å². The van der Waals surface area contributed by atoms with Crippen LogP contribution < -0.4 is 10.6 Å². The van der Waals surface area contributed by atoms with Gasteiger partial charge in [0.2, 0.25) is 11.8 Å². The van der Waals surface area contributed by atoms with Crippen LogP contribution in [0.1, 0.15) is 0 Å². The molecule has 0 heterocycles. The maximum Gasteiger partial charge on any atom is 0.243 e. The van der Waals surface area contributed by atoms with E-state index < -0.39 is 29.3 Å². The molecule has 0 aliphatic carbocycles. The van der Waals surface area contributed by atoms with E-state index in [4.69, 9.17) is 0 Å². The normalized spacial score (nSPS) is 10.3. The Hall–Kier alpha value is -2.48. The third-order valence-corrected chi connectivity index (χ3v) is 3.88. The second-order valence-electron chi connectivity index (χ2n) is 4.70. The lowest BCUT2D eigenvalue weighted by Gasteiger charge is -2.07. The van der Waals surface area contributed by atoms with E-state index in [0.717, 1.165) is 23.9 Å². The van der Waals surface area contributed by atoms with Crippen molar-refractivity contribution < 1.29 is 22.8 Å². The molecule has 4 nitrogen and oxygen atoms in total. The molecule has 0 spiro atoms. The van der Waals surface area contributed by atoms with E-state index in [9.17, 15) is 22.8 Å². The van der Waals surface area contributed by atoms with Crippen LogP contribution in [-0.2, 0) is 9.59 Å². The summed E-state index contributed by atoms with van der Waals surface area (Å²) in [5.74, 6) is -2.94. The first-order valence-corrected chi connectivity index (χ1v) is 7.82. The van der Waals surface area contributed by atoms with Gasteiger partial charge in [-0.2, -0.15) is 0 Å². The molecule has 0 unspecified atom stereocenters. The highest BCUT2D eigenvalue weighted by molar-refractivity contribution is 8.00. The van der Waals surface area contributed by atoms with Crippen LogP contribution in [0.2, 0.25) is 0 Å². The Bertz CT molecular complexity index is 739. The second kappa shape index (κ2) is 8.39. The van der Waals surface area contributed by atoms with Gasteiger partial charge in [-0.25, -0.2) is 13.2 Å². The molecule has 2 N–H and O–H groups in total. The summed E-state index contributed by atoms with van der Waals surface area (Å²) >= 11 is 0.894. The average molecular weight is 354 g/mol. The molecule has 126 valence electrons. The monoisotopic (exact) mass is 354 g/mol. The summed E-state index contributed by atoms with van der Waals surface area (Å²) in [6, 6.07) is 8.24. The Kier molecular flexibility index (Phi) is 6.25. The van der Waals surface area contributed by atoms with Crippen LogP contribution >= 0.6 is 11.8 Å². The molecule has 0 fully saturated rings. The molecule has 0 saturated heterocycles. The van der Waals surface area contributed by atoms with Crippen molar-refractivity contribution in [2.45, 2.75) is 4.90 Å². The maximum atomic E-state index is 13.4. The number of nitrogens with one attached hydrogen (secondary N) is 2. The van der Waals surface area contributed by atoms with Crippen molar-refractivity contribution in [3.8, 4) is 0 Å². The van der Waals surface area contributed by atoms with Gasteiger partial charge in [0.1, 0.15) is 17.5 Å². The molecule has 0 bridgehead atoms. The number of rotatable bonds is 6. The van der Waals surface area contributed by atoms with Crippen molar-refractivity contribution in [2.75, 3.05) is 17.6 Å². The highest BCUT2D eigenvalue weighted by Gasteiger charge is 2.09. The van der Waals surface area contributed by atoms with Crippen LogP contribution in [0.5, 0.6) is 0 Å². The SMILES string of the molecule is O=C(CSc1ccc(F)cc1F)NCC(=O)Nc1ccc(F)cc1. The van der Waals surface area contributed by atoms with Gasteiger partial charge in [-0.1, -0.05) is 0 Å². The lowest BCUT2D eigenvalue weighted by Crippen LogP contribution is -2.33. The molecule has 0 saturated carbocycles. The average Bonchev–Trinajstić information content (AvgIpc) is 2.54. The Morgan fingerprint density at radius 1 is 0.917 bits per heavy atom. The van der Waals surface area contributed by atoms with E-state index in [0.29, 0.717) is 5.69 Å². The van der Waals surface area contributed by atoms with Crippen molar-refractivity contribution >= 4 is 29.3 Å². The summed E-state index contributed by atoms with van der Waals surface area (Å²) in [4.78, 5) is 23.4. The van der Waals surface area contributed by atoms with Gasteiger partial charge in [-0.15, -0.1) is 11.8 Å². The number of carbonyl (C=O) groups excluding carboxylic acids is 2. The zero-order valence-corrected chi connectivity index (χ0v) is 13.1. The Labute approximate surface area is 140 Å². The fraction of sp³-hybridized carbons (Fsp3) is 0.125. The Morgan fingerprint density at radius 3 is 2.25 bits per heavy atom. The van der Waals surface area contributed by atoms with Crippen LogP contribution in [-0.4, -0.2) is 24.1 Å². The molecule has 0 aromatic heterocycles. The van der Waals surface area contributed by atoms with Crippen LogP contribution in [0.4, 0.5) is 18.9 Å². The first-order chi connectivity index (χ1) is 11.4. The fourth-order valence-corrected chi connectivity index (χ4v) is 2.45. The van der Waals surface area contributed by atoms with Crippen LogP contribution in [0, 0.1) is 17.5 Å². The molecule has 2 rings (SSSR count). The quantitative estimate of drug-likeness (QED) is 0.784. The van der Waals surface area contributed by atoms with Gasteiger partial charge in [-0.05, 0) is 36.4 Å². The van der Waals surface area contributed by atoms with Gasteiger partial charge >= 0.3 is 0 Å². The van der Waals surface area contributed by atoms with E-state index in [1.807, 2.05) is 0 Å². The third-order valence-electron chi connectivity index (χ3n) is 2.83. The number of carbonyl (C=O) groups is 2. The third kappa shape index (κ3) is 5.62. The predicted molar refractivity (Wildman–Crippen MR) is 85.1 cm³/mol. The van der Waals surface area contributed by atoms with Gasteiger partial charge < -0.3 is 10.6 Å². The van der Waals surface area contributed by atoms with Crippen molar-refractivity contribution in [3.05, 3.63) is 59.9 Å². The highest BCUT2D eigenvalue weighted by atomic mass is 32.2. The fourth-order valence-electron chi connectivity index (χ4n) is 1.70. The van der Waals surface area contributed by atoms with Crippen LogP contribution in [0.25, 0.3) is 0 Å². The first-order valence-electron chi connectivity index (χ1n) is 6.84. The molecule has 0 atom stereocenters. The molecule has 0 aliphatic heterocycles. The summed E-state index contributed by atoms with van der Waals surface area (Å²) in [6.45, 7) is -0.275. The van der Waals surface area contributed by atoms with Crippen LogP contribution in [0.3, 0.4) is 0 Å². The summed E-state index contributed by atoms with van der Waals surface area (Å²) in [5, 5.41) is 4.86. The number of thioether (sulfide) groups is 1. The topological polar surface area (TPSA) is 58.2 Å². The minimum Gasteiger partial charge on any atom is -0.346 e. The van der Waals surface area contributed by atoms with Crippen molar-refractivity contribution in [1.29, 1.82) is 0 Å². The van der Waals surface area contributed by atoms with Crippen molar-refractivity contribution in [3.63, 3.8) is 0 Å². The smallest absolute Gasteiger partial charge is 0.243 e. The van der Waals surface area contributed by atoms with E-state index >= 15 is 0 Å². The molecule has 2 aromatic carbocycles. The maximum absolute atomic E-state index is 13.4. The molecule has 24 heavy (non-hydrogen) atoms. The molecular formula is C16H13F3N2O2S. The number of halogens is 3.